The molecule has 0 amide bonds. The van der Waals surface area contributed by atoms with E-state index < -0.39 is 11.7 Å². The minimum absolute atomic E-state index is 0.528. The Kier molecular flexibility index (Phi) is 3.80. The van der Waals surface area contributed by atoms with Gasteiger partial charge in [-0.25, -0.2) is 9.97 Å². The van der Waals surface area contributed by atoms with Gasteiger partial charge in [0.2, 0.25) is 0 Å². The third-order valence-electron chi connectivity index (χ3n) is 3.89. The SMILES string of the molecule is FC(F)(F)c1ccc(-c2cc(Nc3ccc4[nH]ncc4c3)ncn2)cc1. The summed E-state index contributed by atoms with van der Waals surface area (Å²) in [5, 5.41) is 11.0. The molecule has 0 radical (unpaired) electrons. The van der Waals surface area contributed by atoms with Crippen molar-refractivity contribution in [2.24, 2.45) is 0 Å². The van der Waals surface area contributed by atoms with Gasteiger partial charge in [0.05, 0.1) is 23.0 Å². The minimum atomic E-state index is -4.36. The monoisotopic (exact) mass is 355 g/mol. The van der Waals surface area contributed by atoms with E-state index in [1.165, 1.54) is 18.5 Å². The fourth-order valence-corrected chi connectivity index (χ4v) is 2.58. The number of anilines is 2. The Morgan fingerprint density at radius 1 is 0.923 bits per heavy atom. The summed E-state index contributed by atoms with van der Waals surface area (Å²) in [4.78, 5) is 8.30. The molecule has 2 aromatic heterocycles. The molecule has 0 saturated heterocycles. The highest BCUT2D eigenvalue weighted by molar-refractivity contribution is 5.82. The smallest absolute Gasteiger partial charge is 0.340 e. The maximum absolute atomic E-state index is 12.7. The second-order valence-electron chi connectivity index (χ2n) is 5.66. The molecule has 26 heavy (non-hydrogen) atoms. The lowest BCUT2D eigenvalue weighted by molar-refractivity contribution is -0.137. The fourth-order valence-electron chi connectivity index (χ4n) is 2.58. The second-order valence-corrected chi connectivity index (χ2v) is 5.66. The van der Waals surface area contributed by atoms with Crippen molar-refractivity contribution in [2.45, 2.75) is 6.18 Å². The van der Waals surface area contributed by atoms with Gasteiger partial charge in [0, 0.05) is 22.7 Å². The Morgan fingerprint density at radius 3 is 2.50 bits per heavy atom. The van der Waals surface area contributed by atoms with Crippen LogP contribution in [0.1, 0.15) is 5.56 Å². The van der Waals surface area contributed by atoms with Crippen molar-refractivity contribution < 1.29 is 13.2 Å². The van der Waals surface area contributed by atoms with Crippen LogP contribution >= 0.6 is 0 Å². The Hall–Kier alpha value is -3.42. The molecule has 0 saturated carbocycles. The zero-order chi connectivity index (χ0) is 18.1. The molecule has 0 unspecified atom stereocenters. The highest BCUT2D eigenvalue weighted by atomic mass is 19.4. The van der Waals surface area contributed by atoms with E-state index in [4.69, 9.17) is 0 Å². The topological polar surface area (TPSA) is 66.5 Å². The first-order valence-electron chi connectivity index (χ1n) is 7.69. The van der Waals surface area contributed by atoms with E-state index in [2.05, 4.69) is 25.5 Å². The standard InChI is InChI=1S/C18H12F3N5/c19-18(20,21)13-3-1-11(2-4-13)16-8-17(23-10-22-16)25-14-5-6-15-12(7-14)9-24-26-15/h1-10H,(H,24,26)(H,22,23,25). The summed E-state index contributed by atoms with van der Waals surface area (Å²) >= 11 is 0. The molecular formula is C18H12F3N5. The van der Waals surface area contributed by atoms with Crippen molar-refractivity contribution in [3.63, 3.8) is 0 Å². The number of benzene rings is 2. The van der Waals surface area contributed by atoms with E-state index in [1.54, 1.807) is 12.3 Å². The van der Waals surface area contributed by atoms with Crippen LogP contribution in [0.4, 0.5) is 24.7 Å². The molecule has 130 valence electrons. The first-order valence-corrected chi connectivity index (χ1v) is 7.69. The van der Waals surface area contributed by atoms with Gasteiger partial charge in [-0.3, -0.25) is 5.10 Å². The molecule has 0 aliphatic rings. The summed E-state index contributed by atoms with van der Waals surface area (Å²) in [6.45, 7) is 0. The van der Waals surface area contributed by atoms with E-state index in [-0.39, 0.29) is 0 Å². The number of nitrogens with one attached hydrogen (secondary N) is 2. The van der Waals surface area contributed by atoms with Crippen LogP contribution in [0.3, 0.4) is 0 Å². The molecule has 0 aliphatic carbocycles. The van der Waals surface area contributed by atoms with E-state index in [9.17, 15) is 13.2 Å². The van der Waals surface area contributed by atoms with Crippen molar-refractivity contribution >= 4 is 22.4 Å². The first kappa shape index (κ1) is 16.1. The number of halogens is 3. The molecule has 0 fully saturated rings. The average molecular weight is 355 g/mol. The van der Waals surface area contributed by atoms with Gasteiger partial charge in [0.25, 0.3) is 0 Å². The van der Waals surface area contributed by atoms with Crippen LogP contribution in [0.5, 0.6) is 0 Å². The van der Waals surface area contributed by atoms with Gasteiger partial charge in [0.15, 0.2) is 0 Å². The Morgan fingerprint density at radius 2 is 1.73 bits per heavy atom. The predicted octanol–water partition coefficient (Wildman–Crippen LogP) is 4.78. The summed E-state index contributed by atoms with van der Waals surface area (Å²) in [6.07, 6.45) is -1.28. The number of rotatable bonds is 3. The zero-order valence-electron chi connectivity index (χ0n) is 13.2. The summed E-state index contributed by atoms with van der Waals surface area (Å²) in [5.74, 6) is 0.540. The van der Waals surface area contributed by atoms with Crippen LogP contribution in [0.25, 0.3) is 22.2 Å². The number of hydrogen-bond acceptors (Lipinski definition) is 4. The number of hydrogen-bond donors (Lipinski definition) is 2. The number of aromatic amines is 1. The molecule has 4 aromatic rings. The van der Waals surface area contributed by atoms with Crippen LogP contribution < -0.4 is 5.32 Å². The van der Waals surface area contributed by atoms with Gasteiger partial charge in [-0.05, 0) is 30.3 Å². The third-order valence-corrected chi connectivity index (χ3v) is 3.89. The second kappa shape index (κ2) is 6.14. The van der Waals surface area contributed by atoms with Crippen molar-refractivity contribution in [3.05, 3.63) is 66.6 Å². The molecule has 0 aliphatic heterocycles. The summed E-state index contributed by atoms with van der Waals surface area (Å²) in [5.41, 5.74) is 2.15. The van der Waals surface area contributed by atoms with Gasteiger partial charge in [-0.2, -0.15) is 18.3 Å². The maximum atomic E-state index is 12.7. The Labute approximate surface area is 145 Å². The molecule has 4 rings (SSSR count). The Bertz CT molecular complexity index is 1050. The summed E-state index contributed by atoms with van der Waals surface area (Å²) in [6, 6.07) is 12.2. The van der Waals surface area contributed by atoms with Crippen LogP contribution in [0.15, 0.2) is 61.1 Å². The predicted molar refractivity (Wildman–Crippen MR) is 91.8 cm³/mol. The number of alkyl halides is 3. The Balaban J connectivity index is 1.60. The fraction of sp³-hybridized carbons (Fsp3) is 0.0556. The quantitative estimate of drug-likeness (QED) is 0.555. The van der Waals surface area contributed by atoms with Gasteiger partial charge in [0.1, 0.15) is 12.1 Å². The average Bonchev–Trinajstić information content (AvgIpc) is 3.09. The normalized spacial score (nSPS) is 11.7. The summed E-state index contributed by atoms with van der Waals surface area (Å²) < 4.78 is 38.0. The highest BCUT2D eigenvalue weighted by Crippen LogP contribution is 2.31. The molecule has 0 atom stereocenters. The van der Waals surface area contributed by atoms with Crippen LogP contribution in [0.2, 0.25) is 0 Å². The number of fused-ring (bicyclic) bond motifs is 1. The third kappa shape index (κ3) is 3.21. The lowest BCUT2D eigenvalue weighted by Gasteiger charge is -2.09. The van der Waals surface area contributed by atoms with Crippen LogP contribution in [0, 0.1) is 0 Å². The zero-order valence-corrected chi connectivity index (χ0v) is 13.2. The molecular weight excluding hydrogens is 343 g/mol. The lowest BCUT2D eigenvalue weighted by atomic mass is 10.1. The van der Waals surface area contributed by atoms with E-state index in [1.807, 2.05) is 18.2 Å². The summed E-state index contributed by atoms with van der Waals surface area (Å²) in [7, 11) is 0. The molecule has 0 spiro atoms. The van der Waals surface area contributed by atoms with E-state index in [0.717, 1.165) is 28.7 Å². The number of aromatic nitrogens is 4. The molecule has 2 N–H and O–H groups in total. The maximum Gasteiger partial charge on any atom is 0.416 e. The van der Waals surface area contributed by atoms with Gasteiger partial charge < -0.3 is 5.32 Å². The largest absolute Gasteiger partial charge is 0.416 e. The van der Waals surface area contributed by atoms with Gasteiger partial charge in [-0.1, -0.05) is 12.1 Å². The van der Waals surface area contributed by atoms with Crippen molar-refractivity contribution in [2.75, 3.05) is 5.32 Å². The molecule has 2 aromatic carbocycles. The minimum Gasteiger partial charge on any atom is -0.340 e. The molecule has 5 nitrogen and oxygen atoms in total. The van der Waals surface area contributed by atoms with Gasteiger partial charge in [-0.15, -0.1) is 0 Å². The highest BCUT2D eigenvalue weighted by Gasteiger charge is 2.30. The van der Waals surface area contributed by atoms with Crippen molar-refractivity contribution in [1.82, 2.24) is 20.2 Å². The molecule has 8 heteroatoms. The van der Waals surface area contributed by atoms with E-state index in [0.29, 0.717) is 17.1 Å². The number of H-pyrrole nitrogens is 1. The van der Waals surface area contributed by atoms with Crippen molar-refractivity contribution in [1.29, 1.82) is 0 Å². The van der Waals surface area contributed by atoms with Crippen LogP contribution in [-0.2, 0) is 6.18 Å². The lowest BCUT2D eigenvalue weighted by Crippen LogP contribution is -2.04. The van der Waals surface area contributed by atoms with E-state index >= 15 is 0 Å². The first-order chi connectivity index (χ1) is 12.5. The van der Waals surface area contributed by atoms with Crippen LogP contribution in [-0.4, -0.2) is 20.2 Å². The van der Waals surface area contributed by atoms with Gasteiger partial charge >= 0.3 is 6.18 Å². The number of nitrogens with zero attached hydrogens (tertiary/aromatic N) is 3. The van der Waals surface area contributed by atoms with Crippen molar-refractivity contribution in [3.8, 4) is 11.3 Å². The molecule has 2 heterocycles. The molecule has 0 bridgehead atoms.